The first-order valence-corrected chi connectivity index (χ1v) is 12.0. The second-order valence-electron chi connectivity index (χ2n) is 7.81. The average Bonchev–Trinajstić information content (AvgIpc) is 2.79. The van der Waals surface area contributed by atoms with Crippen molar-refractivity contribution in [2.45, 2.75) is 44.0 Å². The third kappa shape index (κ3) is 4.91. The van der Waals surface area contributed by atoms with Crippen molar-refractivity contribution >= 4 is 21.6 Å². The first-order valence-electron chi connectivity index (χ1n) is 10.5. The van der Waals surface area contributed by atoms with Crippen LogP contribution in [0.15, 0.2) is 59.5 Å². The number of nitrogens with one attached hydrogen (secondary N) is 1. The van der Waals surface area contributed by atoms with Gasteiger partial charge >= 0.3 is 0 Å². The summed E-state index contributed by atoms with van der Waals surface area (Å²) in [6, 6.07) is 16.1. The van der Waals surface area contributed by atoms with Gasteiger partial charge in [-0.2, -0.15) is 4.31 Å². The van der Waals surface area contributed by atoms with Gasteiger partial charge in [0.05, 0.1) is 10.9 Å². The molecule has 2 unspecified atom stereocenters. The highest BCUT2D eigenvalue weighted by Crippen LogP contribution is 2.27. The minimum Gasteiger partial charge on any atom is -0.324 e. The highest BCUT2D eigenvalue weighted by molar-refractivity contribution is 7.89. The van der Waals surface area contributed by atoms with Crippen molar-refractivity contribution in [3.05, 3.63) is 60.2 Å². The van der Waals surface area contributed by atoms with Crippen LogP contribution in [0.1, 0.15) is 38.7 Å². The summed E-state index contributed by atoms with van der Waals surface area (Å²) in [7, 11) is -3.49. The quantitative estimate of drug-likeness (QED) is 0.731. The van der Waals surface area contributed by atoms with E-state index >= 15 is 0 Å². The zero-order chi connectivity index (χ0) is 21.7. The van der Waals surface area contributed by atoms with Crippen molar-refractivity contribution < 1.29 is 13.2 Å². The number of hydrogen-bond donors (Lipinski definition) is 1. The van der Waals surface area contributed by atoms with E-state index in [9.17, 15) is 13.2 Å². The Kier molecular flexibility index (Phi) is 7.28. The summed E-state index contributed by atoms with van der Waals surface area (Å²) in [6.07, 6.45) is 1.00. The fourth-order valence-electron chi connectivity index (χ4n) is 3.74. The molecule has 3 rings (SSSR count). The summed E-state index contributed by atoms with van der Waals surface area (Å²) in [5, 5.41) is 3.08. The van der Waals surface area contributed by atoms with E-state index in [0.29, 0.717) is 37.0 Å². The summed E-state index contributed by atoms with van der Waals surface area (Å²) in [6.45, 7) is 7.95. The summed E-state index contributed by atoms with van der Waals surface area (Å²) in [5.74, 6) is 0.300. The molecular formula is C23H31N3O3S. The van der Waals surface area contributed by atoms with Crippen molar-refractivity contribution in [2.24, 2.45) is 0 Å². The lowest BCUT2D eigenvalue weighted by atomic mass is 9.97. The van der Waals surface area contributed by atoms with Crippen LogP contribution in [0.25, 0.3) is 0 Å². The molecule has 1 aliphatic heterocycles. The van der Waals surface area contributed by atoms with E-state index < -0.39 is 10.0 Å². The molecule has 1 saturated heterocycles. The Balaban J connectivity index is 1.62. The molecule has 0 bridgehead atoms. The molecule has 0 aliphatic carbocycles. The van der Waals surface area contributed by atoms with Crippen LogP contribution >= 0.6 is 0 Å². The van der Waals surface area contributed by atoms with Crippen LogP contribution in [-0.2, 0) is 14.8 Å². The number of amides is 1. The molecule has 1 N–H and O–H groups in total. The Labute approximate surface area is 179 Å². The van der Waals surface area contributed by atoms with Crippen LogP contribution < -0.4 is 5.32 Å². The molecule has 6 nitrogen and oxygen atoms in total. The molecule has 0 radical (unpaired) electrons. The second kappa shape index (κ2) is 9.73. The standard InChI is InChI=1S/C23H31N3O3S/c1-4-18(2)21-12-8-9-13-22(21)24-23(27)19(3)25-14-16-26(17-15-25)30(28,29)20-10-6-5-7-11-20/h5-13,18-19H,4,14-17H2,1-3H3,(H,24,27). The lowest BCUT2D eigenvalue weighted by molar-refractivity contribution is -0.121. The Morgan fingerprint density at radius 1 is 0.967 bits per heavy atom. The number of anilines is 1. The number of sulfonamides is 1. The van der Waals surface area contributed by atoms with Gasteiger partial charge in [0, 0.05) is 31.9 Å². The molecule has 1 fully saturated rings. The predicted molar refractivity (Wildman–Crippen MR) is 120 cm³/mol. The molecule has 0 spiro atoms. The minimum atomic E-state index is -3.49. The van der Waals surface area contributed by atoms with Gasteiger partial charge in [0.2, 0.25) is 15.9 Å². The maximum atomic E-state index is 12.9. The maximum Gasteiger partial charge on any atom is 0.243 e. The highest BCUT2D eigenvalue weighted by atomic mass is 32.2. The van der Waals surface area contributed by atoms with Crippen LogP contribution in [0.5, 0.6) is 0 Å². The minimum absolute atomic E-state index is 0.0647. The van der Waals surface area contributed by atoms with E-state index in [1.54, 1.807) is 30.3 Å². The number of carbonyl (C=O) groups excluding carboxylic acids is 1. The zero-order valence-corrected chi connectivity index (χ0v) is 18.7. The SMILES string of the molecule is CCC(C)c1ccccc1NC(=O)C(C)N1CCN(S(=O)(=O)c2ccccc2)CC1. The number of hydrogen-bond acceptors (Lipinski definition) is 4. The third-order valence-corrected chi connectivity index (χ3v) is 7.86. The van der Waals surface area contributed by atoms with Crippen LogP contribution in [0, 0.1) is 0 Å². The fourth-order valence-corrected chi connectivity index (χ4v) is 5.18. The van der Waals surface area contributed by atoms with Gasteiger partial charge in [0.15, 0.2) is 0 Å². The van der Waals surface area contributed by atoms with Gasteiger partial charge < -0.3 is 5.32 Å². The van der Waals surface area contributed by atoms with Gasteiger partial charge in [-0.1, -0.05) is 50.2 Å². The van der Waals surface area contributed by atoms with Crippen LogP contribution in [0.3, 0.4) is 0 Å². The normalized spacial score (nSPS) is 18.0. The molecule has 30 heavy (non-hydrogen) atoms. The van der Waals surface area contributed by atoms with Crippen molar-refractivity contribution in [2.75, 3.05) is 31.5 Å². The van der Waals surface area contributed by atoms with Crippen LogP contribution in [-0.4, -0.2) is 55.8 Å². The van der Waals surface area contributed by atoms with Crippen molar-refractivity contribution in [1.29, 1.82) is 0 Å². The van der Waals surface area contributed by atoms with E-state index in [1.807, 2.05) is 30.0 Å². The number of piperazine rings is 1. The van der Waals surface area contributed by atoms with Crippen molar-refractivity contribution in [3.63, 3.8) is 0 Å². The average molecular weight is 430 g/mol. The Morgan fingerprint density at radius 3 is 2.20 bits per heavy atom. The monoisotopic (exact) mass is 429 g/mol. The van der Waals surface area contributed by atoms with Crippen LogP contribution in [0.2, 0.25) is 0 Å². The van der Waals surface area contributed by atoms with Crippen molar-refractivity contribution in [1.82, 2.24) is 9.21 Å². The summed E-state index contributed by atoms with van der Waals surface area (Å²) >= 11 is 0. The molecule has 1 heterocycles. The molecule has 1 amide bonds. The van der Waals surface area contributed by atoms with Gasteiger partial charge in [-0.15, -0.1) is 0 Å². The highest BCUT2D eigenvalue weighted by Gasteiger charge is 2.31. The molecule has 0 saturated carbocycles. The summed E-state index contributed by atoms with van der Waals surface area (Å²) in [5.41, 5.74) is 1.99. The zero-order valence-electron chi connectivity index (χ0n) is 17.9. The van der Waals surface area contributed by atoms with Gasteiger partial charge in [0.25, 0.3) is 0 Å². The van der Waals surface area contributed by atoms with Gasteiger partial charge in [-0.05, 0) is 43.0 Å². The first kappa shape index (κ1) is 22.5. The third-order valence-electron chi connectivity index (χ3n) is 5.94. The molecule has 2 aromatic rings. The molecule has 7 heteroatoms. The van der Waals surface area contributed by atoms with Gasteiger partial charge in [0.1, 0.15) is 0 Å². The topological polar surface area (TPSA) is 69.7 Å². The number of benzene rings is 2. The van der Waals surface area contributed by atoms with Crippen LogP contribution in [0.4, 0.5) is 5.69 Å². The Hall–Kier alpha value is -2.22. The second-order valence-corrected chi connectivity index (χ2v) is 9.75. The lowest BCUT2D eigenvalue weighted by Gasteiger charge is -2.36. The largest absolute Gasteiger partial charge is 0.324 e. The Morgan fingerprint density at radius 2 is 1.57 bits per heavy atom. The maximum absolute atomic E-state index is 12.9. The smallest absolute Gasteiger partial charge is 0.243 e. The fraction of sp³-hybridized carbons (Fsp3) is 0.435. The summed E-state index contributed by atoms with van der Waals surface area (Å²) < 4.78 is 27.1. The number of carbonyl (C=O) groups is 1. The Bertz CT molecular complexity index is 955. The van der Waals surface area contributed by atoms with E-state index in [4.69, 9.17) is 0 Å². The molecule has 2 atom stereocenters. The predicted octanol–water partition coefficient (Wildman–Crippen LogP) is 3.53. The van der Waals surface area contributed by atoms with Crippen molar-refractivity contribution in [3.8, 4) is 0 Å². The van der Waals surface area contributed by atoms with Gasteiger partial charge in [-0.3, -0.25) is 9.69 Å². The summed E-state index contributed by atoms with van der Waals surface area (Å²) in [4.78, 5) is 15.2. The number of rotatable bonds is 7. The number of nitrogens with zero attached hydrogens (tertiary/aromatic N) is 2. The molecule has 0 aromatic heterocycles. The van der Waals surface area contributed by atoms with Gasteiger partial charge in [-0.25, -0.2) is 8.42 Å². The van der Waals surface area contributed by atoms with E-state index in [2.05, 4.69) is 25.2 Å². The number of para-hydroxylation sites is 1. The molecule has 1 aliphatic rings. The molecular weight excluding hydrogens is 398 g/mol. The molecule has 162 valence electrons. The molecule has 2 aromatic carbocycles. The van der Waals surface area contributed by atoms with E-state index in [-0.39, 0.29) is 11.9 Å². The van der Waals surface area contributed by atoms with E-state index in [0.717, 1.165) is 17.7 Å². The lowest BCUT2D eigenvalue weighted by Crippen LogP contribution is -2.53. The first-order chi connectivity index (χ1) is 14.3. The van der Waals surface area contributed by atoms with E-state index in [1.165, 1.54) is 4.31 Å².